The van der Waals surface area contributed by atoms with Gasteiger partial charge < -0.3 is 120 Å². The number of aromatic amines is 6. The maximum atomic E-state index is 11.6. The summed E-state index contributed by atoms with van der Waals surface area (Å²) in [6.07, 6.45) is -19.9. The van der Waals surface area contributed by atoms with E-state index in [1.54, 1.807) is 18.3 Å². The minimum atomic E-state index is -3.57. The number of rotatable bonds is 30. The quantitative estimate of drug-likeness (QED) is 0.0186. The first-order chi connectivity index (χ1) is 81.7. The van der Waals surface area contributed by atoms with Crippen LogP contribution < -0.4 is 31.9 Å². The van der Waals surface area contributed by atoms with Crippen LogP contribution in [0.25, 0.3) is 65.4 Å². The number of hydrogen-bond donors (Lipinski definition) is 12. The first-order valence-electron chi connectivity index (χ1n) is 65.3. The Balaban J connectivity index is 0.000000176. The van der Waals surface area contributed by atoms with Crippen LogP contribution in [-0.4, -0.2) is 295 Å². The molecule has 6 atom stereocenters. The minimum Gasteiger partial charge on any atom is -0.447 e. The zero-order valence-electron chi connectivity index (χ0n) is 123. The van der Waals surface area contributed by atoms with Crippen LogP contribution in [0.5, 0.6) is 0 Å². The van der Waals surface area contributed by atoms with Crippen molar-refractivity contribution in [2.24, 2.45) is 0 Å². The molecule has 18 rings (SSSR count). The second kappa shape index (κ2) is 43.7. The first kappa shape index (κ1) is 44.9. The molecular formula is C96H126N18O12. The molecule has 12 N–H and O–H groups in total. The predicted octanol–water partition coefficient (Wildman–Crippen LogP) is 11.5. The number of carbonyl (C=O) groups is 6. The highest BCUT2D eigenvalue weighted by molar-refractivity contribution is 5.88. The molecule has 12 aromatic rings. The van der Waals surface area contributed by atoms with Gasteiger partial charge in [-0.1, -0.05) is 36.4 Å². The van der Waals surface area contributed by atoms with Gasteiger partial charge in [-0.05, 0) is 300 Å². The molecular weight excluding hydrogens is 1600 g/mol. The summed E-state index contributed by atoms with van der Waals surface area (Å²) in [5, 5.41) is 8.96. The van der Waals surface area contributed by atoms with Crippen molar-refractivity contribution in [3.05, 3.63) is 213 Å². The predicted molar refractivity (Wildman–Crippen MR) is 495 cm³/mol. The minimum absolute atomic E-state index is 0.0320. The number of H-pyrrole nitrogens is 6. The number of nitrogens with one attached hydrogen (secondary N) is 12. The Bertz CT molecular complexity index is 8290. The molecule has 6 aliphatic heterocycles. The number of benzene rings is 6. The molecule has 0 bridgehead atoms. The molecule has 12 heterocycles. The van der Waals surface area contributed by atoms with Crippen molar-refractivity contribution in [1.29, 1.82) is 0 Å². The molecule has 30 nitrogen and oxygen atoms in total. The number of ether oxygens (including phenoxy) is 6. The molecule has 0 radical (unpaired) electrons. The molecule has 0 saturated carbocycles. The van der Waals surface area contributed by atoms with E-state index in [1.165, 1.54) is 147 Å². The maximum Gasteiger partial charge on any atom is 0.407 e. The normalized spacial score (nSPS) is 30.2. The molecule has 672 valence electrons. The van der Waals surface area contributed by atoms with Gasteiger partial charge in [-0.3, -0.25) is 0 Å². The summed E-state index contributed by atoms with van der Waals surface area (Å²) in [6.45, 7) is -29.5. The van der Waals surface area contributed by atoms with Crippen LogP contribution in [-0.2, 0) is 105 Å². The number of hydrogen-bond acceptors (Lipinski definition) is 18. The lowest BCUT2D eigenvalue weighted by Gasteiger charge is -2.09. The fourth-order valence-electron chi connectivity index (χ4n) is 12.7. The summed E-state index contributed by atoms with van der Waals surface area (Å²) < 4.78 is 460. The summed E-state index contributed by atoms with van der Waals surface area (Å²) in [5.41, 5.74) is 3.87. The number of cyclic esters (lactones) is 6. The van der Waals surface area contributed by atoms with E-state index in [1.807, 2.05) is 19.0 Å². The van der Waals surface area contributed by atoms with Gasteiger partial charge in [0.25, 0.3) is 0 Å². The Labute approximate surface area is 812 Å². The summed E-state index contributed by atoms with van der Waals surface area (Å²) in [6, 6.07) is 12.3. The standard InChI is InChI=1S/6C16H21N3O2/c6*1-19(2)6-5-12-9-17-15-4-3-11(8-14(12)15)7-13-10-21-16(20)18-13/h6*3-4,8-9,13,17H,5-7,10H2,1-2H3,(H,18,20)/t6*13-/m000000/s1/i1D3,2D3,5D2,6D2,7D2,13D;1D3,5D2,6D2,7D2,13D;5D2,6D2,7D2,13D;1D3,2D3,7D2,13D;1D3,7D2,13D;7D2,13D/hD6. The lowest BCUT2D eigenvalue weighted by molar-refractivity contribution is 0.176. The highest BCUT2D eigenvalue weighted by Crippen LogP contribution is 2.29. The summed E-state index contributed by atoms with van der Waals surface area (Å²) in [7, 11) is 9.20. The second-order valence-corrected chi connectivity index (χ2v) is 28.7. The Morgan fingerprint density at radius 1 is 0.310 bits per heavy atom. The van der Waals surface area contributed by atoms with Crippen LogP contribution in [0.4, 0.5) is 28.8 Å². The third kappa shape index (κ3) is 26.5. The van der Waals surface area contributed by atoms with Crippen molar-refractivity contribution < 1.29 is 131 Å². The SMILES string of the molecule is [2H]C([2H])([2H])N(C([2H])([2H])[2H])C([2H])([2H])C([2H])([2H])c1c[nH]c2ccc(C([2H])([2H])[C@@]3([2H])COC(=O)N3)cc12.[2H]C([2H])([2H])N(C)C([2H])([2H])C([2H])([2H])c1c[nH]c2ccc(C([2H])([2H])[C@@]3([2H])COC(=O)N3)cc12.[2H]C([2H])(c1c[nH]c2ccc(C([2H])([2H])[C@@]3([2H])COC(=O)N3)cc12)C([2H])([2H])N(C)C.[2H]N1C(=O)OC[C@]1([2H])C([2H])([2H])c1ccc2c(c1)c(CCN(C([2H])([2H])[2H])C([2H])([2H])[2H])cn2[2H].[2H]N1C(=O)OC[C@]1([2H])C([2H])([2H])c1ccc2c(c1)c(CCN(C)C([2H])([2H])[2H])cn2[2H].[2H]N1C(=O)OC[C@]1([2H])C([2H])([2H])c1ccc2c(c1)c(CCN(C)C)cn2[2H]. The third-order valence-corrected chi connectivity index (χ3v) is 18.6. The average Bonchev–Trinajstić information content (AvgIpc) is 1.34. The molecule has 126 heavy (non-hydrogen) atoms. The molecule has 6 fully saturated rings. The maximum absolute atomic E-state index is 11.6. The van der Waals surface area contributed by atoms with E-state index in [4.69, 9.17) is 83.7 Å². The Morgan fingerprint density at radius 2 is 0.571 bits per heavy atom. The fraction of sp³-hybridized carbons (Fsp3) is 0.438. The van der Waals surface area contributed by atoms with E-state index in [0.29, 0.717) is 77.5 Å². The Morgan fingerprint density at radius 3 is 0.849 bits per heavy atom. The van der Waals surface area contributed by atoms with Crippen molar-refractivity contribution in [3.63, 3.8) is 0 Å². The van der Waals surface area contributed by atoms with E-state index in [-0.39, 0.29) is 96.2 Å². The van der Waals surface area contributed by atoms with Crippen molar-refractivity contribution in [3.8, 4) is 0 Å². The second-order valence-electron chi connectivity index (χ2n) is 28.7. The van der Waals surface area contributed by atoms with Gasteiger partial charge in [0.15, 0.2) is 8.47 Å². The van der Waals surface area contributed by atoms with Crippen LogP contribution in [0.2, 0.25) is 8.47 Å². The number of carbonyl (C=O) groups excluding carboxylic acids is 6. The summed E-state index contributed by atoms with van der Waals surface area (Å²) in [5.74, 6) is 0. The topological polar surface area (TPSA) is 344 Å². The van der Waals surface area contributed by atoms with Crippen LogP contribution in [0.15, 0.2) is 146 Å². The van der Waals surface area contributed by atoms with Gasteiger partial charge in [0.2, 0.25) is 0 Å². The summed E-state index contributed by atoms with van der Waals surface area (Å²) in [4.78, 5) is 85.0. The number of aromatic nitrogens is 6. The largest absolute Gasteiger partial charge is 0.447 e. The van der Waals surface area contributed by atoms with Crippen LogP contribution in [0, 0.1) is 0 Å². The van der Waals surface area contributed by atoms with Crippen molar-refractivity contribution in [1.82, 2.24) is 91.2 Å². The van der Waals surface area contributed by atoms with Gasteiger partial charge in [-0.25, -0.2) is 28.8 Å². The van der Waals surface area contributed by atoms with E-state index in [9.17, 15) is 28.8 Å². The molecule has 0 aliphatic carbocycles. The zero-order chi connectivity index (χ0) is 136. The highest BCUT2D eigenvalue weighted by atomic mass is 16.6. The van der Waals surface area contributed by atoms with Crippen LogP contribution >= 0.6 is 0 Å². The Kier molecular flexibility index (Phi) is 15.6. The zero-order valence-corrected chi connectivity index (χ0v) is 68.6. The highest BCUT2D eigenvalue weighted by Gasteiger charge is 2.29. The first-order valence-corrected chi connectivity index (χ1v) is 38.6. The van der Waals surface area contributed by atoms with Gasteiger partial charge in [-0.2, -0.15) is 0 Å². The lowest BCUT2D eigenvalue weighted by Crippen LogP contribution is -2.28. The monoisotopic (exact) mass is 1780 g/mol. The van der Waals surface area contributed by atoms with Gasteiger partial charge in [0.1, 0.15) is 39.6 Å². The number of nitrogens with zero attached hydrogens (tertiary/aromatic N) is 6. The fourth-order valence-corrected chi connectivity index (χ4v) is 12.7. The van der Waals surface area contributed by atoms with Gasteiger partial charge >= 0.3 is 36.6 Å². The molecule has 6 aromatic heterocycles. The number of amides is 6. The molecule has 6 amide bonds. The van der Waals surface area contributed by atoms with E-state index < -0.39 is 241 Å². The van der Waals surface area contributed by atoms with Crippen molar-refractivity contribution in [2.75, 3.05) is 163 Å². The molecule has 0 spiro atoms. The van der Waals surface area contributed by atoms with E-state index in [0.717, 1.165) is 51.7 Å². The van der Waals surface area contributed by atoms with Crippen molar-refractivity contribution in [2.45, 2.75) is 113 Å². The summed E-state index contributed by atoms with van der Waals surface area (Å²) >= 11 is 0. The average molecular weight is 1780 g/mol. The van der Waals surface area contributed by atoms with Gasteiger partial charge in [0.05, 0.1) is 44.3 Å². The smallest absolute Gasteiger partial charge is 0.407 e. The van der Waals surface area contributed by atoms with E-state index in [2.05, 4.69) is 49.8 Å². The van der Waals surface area contributed by atoms with Gasteiger partial charge in [-0.15, -0.1) is 0 Å². The van der Waals surface area contributed by atoms with E-state index >= 15 is 0 Å². The lowest BCUT2D eigenvalue weighted by atomic mass is 10.0. The van der Waals surface area contributed by atoms with Crippen LogP contribution in [0.1, 0.15) is 133 Å². The number of fused-ring (bicyclic) bond motifs is 6. The molecule has 30 heteroatoms. The molecule has 6 saturated heterocycles. The Hall–Kier alpha value is -12.1. The number of aryl methyl sites for hydroxylation is 3. The van der Waals surface area contributed by atoms with Crippen molar-refractivity contribution >= 4 is 102 Å². The molecule has 6 aromatic carbocycles. The number of alkyl carbamates (subject to hydrolysis) is 6. The third-order valence-electron chi connectivity index (χ3n) is 18.6. The number of likely N-dealkylation sites (N-methyl/N-ethyl adjacent to an activating group) is 6. The molecule has 0 unspecified atom stereocenters. The van der Waals surface area contributed by atoms with Gasteiger partial charge in [0, 0.05) is 199 Å². The van der Waals surface area contributed by atoms with Crippen LogP contribution in [0.3, 0.4) is 0 Å². The molecule has 6 aliphatic rings.